The SMILES string of the molecule is COc1cccc([C@@H](C)N(C)C(=O)COc2cccnc2)c1. The first-order valence-corrected chi connectivity index (χ1v) is 7.04. The molecule has 2 rings (SSSR count). The molecule has 0 N–H and O–H groups in total. The normalized spacial score (nSPS) is 11.6. The highest BCUT2D eigenvalue weighted by Gasteiger charge is 2.18. The van der Waals surface area contributed by atoms with Crippen LogP contribution in [0.2, 0.25) is 0 Å². The highest BCUT2D eigenvalue weighted by atomic mass is 16.5. The second-order valence-electron chi connectivity index (χ2n) is 4.93. The molecule has 116 valence electrons. The summed E-state index contributed by atoms with van der Waals surface area (Å²) < 4.78 is 10.7. The molecule has 5 nitrogen and oxygen atoms in total. The van der Waals surface area contributed by atoms with Crippen molar-refractivity contribution in [2.75, 3.05) is 20.8 Å². The van der Waals surface area contributed by atoms with Crippen LogP contribution in [-0.4, -0.2) is 36.6 Å². The minimum Gasteiger partial charge on any atom is -0.497 e. The predicted octanol–water partition coefficient (Wildman–Crippen LogP) is 2.69. The molecule has 0 fully saturated rings. The zero-order chi connectivity index (χ0) is 15.9. The lowest BCUT2D eigenvalue weighted by atomic mass is 10.1. The monoisotopic (exact) mass is 300 g/mol. The Morgan fingerprint density at radius 2 is 2.05 bits per heavy atom. The fraction of sp³-hybridized carbons (Fsp3) is 0.294. The van der Waals surface area contributed by atoms with E-state index in [0.29, 0.717) is 5.75 Å². The molecule has 0 radical (unpaired) electrons. The van der Waals surface area contributed by atoms with Gasteiger partial charge in [-0.3, -0.25) is 9.78 Å². The van der Waals surface area contributed by atoms with E-state index in [1.807, 2.05) is 31.2 Å². The van der Waals surface area contributed by atoms with E-state index >= 15 is 0 Å². The van der Waals surface area contributed by atoms with E-state index in [1.165, 1.54) is 0 Å². The molecule has 1 atom stereocenters. The number of carbonyl (C=O) groups is 1. The molecular weight excluding hydrogens is 280 g/mol. The summed E-state index contributed by atoms with van der Waals surface area (Å²) in [5.74, 6) is 1.26. The van der Waals surface area contributed by atoms with Gasteiger partial charge in [-0.15, -0.1) is 0 Å². The highest BCUT2D eigenvalue weighted by Crippen LogP contribution is 2.23. The van der Waals surface area contributed by atoms with Crippen LogP contribution in [-0.2, 0) is 4.79 Å². The van der Waals surface area contributed by atoms with E-state index in [4.69, 9.17) is 9.47 Å². The number of nitrogens with zero attached hydrogens (tertiary/aromatic N) is 2. The molecule has 0 aliphatic rings. The van der Waals surface area contributed by atoms with Gasteiger partial charge in [0.15, 0.2) is 6.61 Å². The number of aromatic nitrogens is 1. The van der Waals surface area contributed by atoms with E-state index in [2.05, 4.69) is 4.98 Å². The smallest absolute Gasteiger partial charge is 0.260 e. The molecule has 0 saturated heterocycles. The number of benzene rings is 1. The van der Waals surface area contributed by atoms with E-state index in [1.54, 1.807) is 43.6 Å². The summed E-state index contributed by atoms with van der Waals surface area (Å²) in [6.07, 6.45) is 3.24. The number of pyridine rings is 1. The van der Waals surface area contributed by atoms with Crippen molar-refractivity contribution in [2.45, 2.75) is 13.0 Å². The first kappa shape index (κ1) is 15.8. The molecule has 0 unspecified atom stereocenters. The minimum atomic E-state index is -0.0980. The van der Waals surface area contributed by atoms with Gasteiger partial charge in [0.1, 0.15) is 11.5 Å². The largest absolute Gasteiger partial charge is 0.497 e. The van der Waals surface area contributed by atoms with Crippen molar-refractivity contribution in [3.63, 3.8) is 0 Å². The minimum absolute atomic E-state index is 0.0174. The molecule has 1 heterocycles. The van der Waals surface area contributed by atoms with E-state index < -0.39 is 0 Å². The van der Waals surface area contributed by atoms with Gasteiger partial charge >= 0.3 is 0 Å². The molecule has 5 heteroatoms. The lowest BCUT2D eigenvalue weighted by Gasteiger charge is -2.25. The Morgan fingerprint density at radius 1 is 1.27 bits per heavy atom. The van der Waals surface area contributed by atoms with Crippen molar-refractivity contribution >= 4 is 5.91 Å². The number of carbonyl (C=O) groups excluding carboxylic acids is 1. The molecule has 0 bridgehead atoms. The number of methoxy groups -OCH3 is 1. The van der Waals surface area contributed by atoms with Gasteiger partial charge in [0, 0.05) is 13.2 Å². The van der Waals surface area contributed by atoms with Crippen LogP contribution in [0.15, 0.2) is 48.8 Å². The van der Waals surface area contributed by atoms with Crippen molar-refractivity contribution in [2.24, 2.45) is 0 Å². The van der Waals surface area contributed by atoms with Gasteiger partial charge in [-0.1, -0.05) is 12.1 Å². The molecule has 0 spiro atoms. The average molecular weight is 300 g/mol. The number of rotatable bonds is 6. The van der Waals surface area contributed by atoms with Gasteiger partial charge in [0.05, 0.1) is 19.3 Å². The summed E-state index contributed by atoms with van der Waals surface area (Å²) in [5.41, 5.74) is 1.01. The Hall–Kier alpha value is -2.56. The Morgan fingerprint density at radius 3 is 2.73 bits per heavy atom. The van der Waals surface area contributed by atoms with Crippen LogP contribution < -0.4 is 9.47 Å². The summed E-state index contributed by atoms with van der Waals surface area (Å²) in [6.45, 7) is 1.95. The first-order valence-electron chi connectivity index (χ1n) is 7.04. The number of ether oxygens (including phenoxy) is 2. The van der Waals surface area contributed by atoms with Crippen molar-refractivity contribution in [1.29, 1.82) is 0 Å². The van der Waals surface area contributed by atoms with Crippen LogP contribution in [0.3, 0.4) is 0 Å². The topological polar surface area (TPSA) is 51.7 Å². The molecule has 2 aromatic rings. The maximum Gasteiger partial charge on any atom is 0.260 e. The van der Waals surface area contributed by atoms with Crippen LogP contribution in [0.25, 0.3) is 0 Å². The van der Waals surface area contributed by atoms with Gasteiger partial charge < -0.3 is 14.4 Å². The van der Waals surface area contributed by atoms with E-state index in [-0.39, 0.29) is 18.6 Å². The third-order valence-corrected chi connectivity index (χ3v) is 3.55. The number of likely N-dealkylation sites (N-methyl/N-ethyl adjacent to an activating group) is 1. The Bertz CT molecular complexity index is 616. The lowest BCUT2D eigenvalue weighted by Crippen LogP contribution is -2.33. The van der Waals surface area contributed by atoms with Crippen molar-refractivity contribution < 1.29 is 14.3 Å². The van der Waals surface area contributed by atoms with Gasteiger partial charge in [-0.05, 0) is 36.8 Å². The standard InChI is InChI=1S/C17H20N2O3/c1-13(14-6-4-7-15(10-14)21-3)19(2)17(20)12-22-16-8-5-9-18-11-16/h4-11,13H,12H2,1-3H3/t13-/m1/s1. The van der Waals surface area contributed by atoms with E-state index in [9.17, 15) is 4.79 Å². The average Bonchev–Trinajstić information content (AvgIpc) is 2.59. The van der Waals surface area contributed by atoms with Crippen LogP contribution in [0, 0.1) is 0 Å². The van der Waals surface area contributed by atoms with Crippen LogP contribution in [0.1, 0.15) is 18.5 Å². The number of hydrogen-bond donors (Lipinski definition) is 0. The van der Waals surface area contributed by atoms with Crippen LogP contribution in [0.4, 0.5) is 0 Å². The summed E-state index contributed by atoms with van der Waals surface area (Å²) >= 11 is 0. The summed E-state index contributed by atoms with van der Waals surface area (Å²) in [5, 5.41) is 0. The Labute approximate surface area is 130 Å². The molecular formula is C17H20N2O3. The van der Waals surface area contributed by atoms with Crippen LogP contribution in [0.5, 0.6) is 11.5 Å². The van der Waals surface area contributed by atoms with Crippen molar-refractivity contribution in [1.82, 2.24) is 9.88 Å². The lowest BCUT2D eigenvalue weighted by molar-refractivity contribution is -0.134. The molecule has 1 aromatic carbocycles. The molecule has 0 aliphatic heterocycles. The number of amides is 1. The summed E-state index contributed by atoms with van der Waals surface area (Å²) in [4.78, 5) is 17.8. The summed E-state index contributed by atoms with van der Waals surface area (Å²) in [7, 11) is 3.39. The molecule has 1 amide bonds. The van der Waals surface area contributed by atoms with Gasteiger partial charge in [-0.2, -0.15) is 0 Å². The zero-order valence-corrected chi connectivity index (χ0v) is 13.0. The molecule has 0 saturated carbocycles. The zero-order valence-electron chi connectivity index (χ0n) is 13.0. The Balaban J connectivity index is 1.97. The second-order valence-corrected chi connectivity index (χ2v) is 4.93. The van der Waals surface area contributed by atoms with Gasteiger partial charge in [-0.25, -0.2) is 0 Å². The van der Waals surface area contributed by atoms with Crippen molar-refractivity contribution in [3.05, 3.63) is 54.4 Å². The fourth-order valence-corrected chi connectivity index (χ4v) is 2.02. The highest BCUT2D eigenvalue weighted by molar-refractivity contribution is 5.78. The van der Waals surface area contributed by atoms with Gasteiger partial charge in [0.2, 0.25) is 0 Å². The maximum atomic E-state index is 12.2. The molecule has 22 heavy (non-hydrogen) atoms. The second kappa shape index (κ2) is 7.45. The number of hydrogen-bond acceptors (Lipinski definition) is 4. The van der Waals surface area contributed by atoms with Crippen molar-refractivity contribution in [3.8, 4) is 11.5 Å². The third-order valence-electron chi connectivity index (χ3n) is 3.55. The van der Waals surface area contributed by atoms with Gasteiger partial charge in [0.25, 0.3) is 5.91 Å². The molecule has 0 aliphatic carbocycles. The quantitative estimate of drug-likeness (QED) is 0.823. The van der Waals surface area contributed by atoms with E-state index in [0.717, 1.165) is 11.3 Å². The third kappa shape index (κ3) is 3.97. The maximum absolute atomic E-state index is 12.2. The fourth-order valence-electron chi connectivity index (χ4n) is 2.02. The molecule has 1 aromatic heterocycles. The summed E-state index contributed by atoms with van der Waals surface area (Å²) in [6, 6.07) is 11.2. The van der Waals surface area contributed by atoms with Crippen LogP contribution >= 0.6 is 0 Å². The predicted molar refractivity (Wildman–Crippen MR) is 83.9 cm³/mol. The first-order chi connectivity index (χ1) is 10.6. The Kier molecular flexibility index (Phi) is 5.36.